The molecule has 1 aliphatic rings. The van der Waals surface area contributed by atoms with E-state index >= 15 is 0 Å². The van der Waals surface area contributed by atoms with E-state index in [0.717, 1.165) is 48.0 Å². The topological polar surface area (TPSA) is 74.2 Å². The van der Waals surface area contributed by atoms with Gasteiger partial charge in [0.2, 0.25) is 0 Å². The highest BCUT2D eigenvalue weighted by Crippen LogP contribution is 2.30. The summed E-state index contributed by atoms with van der Waals surface area (Å²) in [6.45, 7) is 9.58. The van der Waals surface area contributed by atoms with E-state index < -0.39 is 0 Å². The number of nitrogens with zero attached hydrogens (tertiary/aromatic N) is 5. The molecule has 4 heterocycles. The summed E-state index contributed by atoms with van der Waals surface area (Å²) in [7, 11) is 0. The van der Waals surface area contributed by atoms with Gasteiger partial charge >= 0.3 is 0 Å². The summed E-state index contributed by atoms with van der Waals surface area (Å²) in [6.07, 6.45) is 4.93. The first-order valence-electron chi connectivity index (χ1n) is 9.22. The molecule has 7 nitrogen and oxygen atoms in total. The highest BCUT2D eigenvalue weighted by atomic mass is 32.1. The lowest BCUT2D eigenvalue weighted by atomic mass is 10.2. The molecule has 28 heavy (non-hydrogen) atoms. The molecule has 0 aliphatic carbocycles. The Kier molecular flexibility index (Phi) is 5.21. The van der Waals surface area contributed by atoms with E-state index in [1.165, 1.54) is 4.88 Å². The molecule has 0 saturated carbocycles. The average Bonchev–Trinajstić information content (AvgIpc) is 3.12. The van der Waals surface area contributed by atoms with Crippen LogP contribution in [0.2, 0.25) is 0 Å². The Bertz CT molecular complexity index is 992. The lowest BCUT2D eigenvalue weighted by Crippen LogP contribution is -2.47. The Labute approximate surface area is 167 Å². The summed E-state index contributed by atoms with van der Waals surface area (Å²) < 4.78 is 0. The first kappa shape index (κ1) is 18.4. The van der Waals surface area contributed by atoms with Crippen molar-refractivity contribution in [2.24, 2.45) is 0 Å². The van der Waals surface area contributed by atoms with Crippen molar-refractivity contribution in [1.82, 2.24) is 20.3 Å². The van der Waals surface area contributed by atoms with E-state index in [1.54, 1.807) is 29.9 Å². The van der Waals surface area contributed by atoms with Crippen LogP contribution in [0.4, 0.5) is 11.6 Å². The van der Waals surface area contributed by atoms with Gasteiger partial charge in [0.15, 0.2) is 0 Å². The summed E-state index contributed by atoms with van der Waals surface area (Å²) in [4.78, 5) is 32.2. The number of amides is 1. The standard InChI is InChI=1S/C20H22N6OS/c1-3-6-21-19(27)15-4-5-17(22-12-15)25-7-9-26(10-8-25)18-16-11-14(2)28-20(16)24-13-23-18/h3-5,11-13H,1,6-10H2,2H3,(H,21,27). The van der Waals surface area contributed by atoms with Crippen LogP contribution in [0, 0.1) is 6.92 Å². The van der Waals surface area contributed by atoms with Gasteiger partial charge in [0.25, 0.3) is 5.91 Å². The van der Waals surface area contributed by atoms with Crippen LogP contribution in [0.15, 0.2) is 43.4 Å². The lowest BCUT2D eigenvalue weighted by molar-refractivity contribution is 0.0957. The number of nitrogens with one attached hydrogen (secondary N) is 1. The van der Waals surface area contributed by atoms with E-state index in [4.69, 9.17) is 0 Å². The van der Waals surface area contributed by atoms with Crippen molar-refractivity contribution in [2.75, 3.05) is 42.5 Å². The summed E-state index contributed by atoms with van der Waals surface area (Å²) >= 11 is 1.70. The third-order valence-corrected chi connectivity index (χ3v) is 5.71. The van der Waals surface area contributed by atoms with Gasteiger partial charge in [-0.15, -0.1) is 17.9 Å². The number of fused-ring (bicyclic) bond motifs is 1. The molecule has 1 aliphatic heterocycles. The maximum Gasteiger partial charge on any atom is 0.253 e. The quantitative estimate of drug-likeness (QED) is 0.671. The molecular formula is C20H22N6OS. The van der Waals surface area contributed by atoms with Gasteiger partial charge in [0, 0.05) is 43.8 Å². The molecule has 0 bridgehead atoms. The number of carbonyl (C=O) groups is 1. The molecule has 1 fully saturated rings. The molecule has 144 valence electrons. The Balaban J connectivity index is 1.42. The zero-order chi connectivity index (χ0) is 19.5. The van der Waals surface area contributed by atoms with Crippen molar-refractivity contribution in [3.8, 4) is 0 Å². The summed E-state index contributed by atoms with van der Waals surface area (Å²) in [5.74, 6) is 1.76. The van der Waals surface area contributed by atoms with Crippen LogP contribution in [-0.4, -0.2) is 53.6 Å². The van der Waals surface area contributed by atoms with Gasteiger partial charge in [-0.2, -0.15) is 0 Å². The predicted molar refractivity (Wildman–Crippen MR) is 113 cm³/mol. The first-order valence-corrected chi connectivity index (χ1v) is 10.0. The predicted octanol–water partition coefficient (Wildman–Crippen LogP) is 2.64. The maximum atomic E-state index is 12.0. The number of rotatable bonds is 5. The molecule has 0 unspecified atom stereocenters. The Hall–Kier alpha value is -3.00. The van der Waals surface area contributed by atoms with Crippen LogP contribution in [0.1, 0.15) is 15.2 Å². The van der Waals surface area contributed by atoms with Crippen LogP contribution in [0.25, 0.3) is 10.2 Å². The van der Waals surface area contributed by atoms with Gasteiger partial charge < -0.3 is 15.1 Å². The second-order valence-corrected chi connectivity index (χ2v) is 7.89. The van der Waals surface area contributed by atoms with Crippen molar-refractivity contribution >= 4 is 39.1 Å². The molecular weight excluding hydrogens is 372 g/mol. The first-order chi connectivity index (χ1) is 13.7. The minimum absolute atomic E-state index is 0.136. The molecule has 3 aromatic heterocycles. The van der Waals surface area contributed by atoms with E-state index in [-0.39, 0.29) is 5.91 Å². The van der Waals surface area contributed by atoms with E-state index in [1.807, 2.05) is 12.1 Å². The van der Waals surface area contributed by atoms with Gasteiger partial charge in [-0.25, -0.2) is 15.0 Å². The number of piperazine rings is 1. The number of aryl methyl sites for hydroxylation is 1. The third kappa shape index (κ3) is 3.68. The second kappa shape index (κ2) is 7.93. The fourth-order valence-corrected chi connectivity index (χ4v) is 4.18. The zero-order valence-electron chi connectivity index (χ0n) is 15.8. The lowest BCUT2D eigenvalue weighted by Gasteiger charge is -2.36. The van der Waals surface area contributed by atoms with Crippen LogP contribution in [0.5, 0.6) is 0 Å². The molecule has 0 radical (unpaired) electrons. The molecule has 1 saturated heterocycles. The Morgan fingerprint density at radius 2 is 2.00 bits per heavy atom. The molecule has 0 aromatic carbocycles. The number of anilines is 2. The van der Waals surface area contributed by atoms with E-state index in [0.29, 0.717) is 12.1 Å². The van der Waals surface area contributed by atoms with Gasteiger partial charge in [-0.3, -0.25) is 4.79 Å². The Morgan fingerprint density at radius 1 is 1.21 bits per heavy atom. The molecule has 4 rings (SSSR count). The molecule has 3 aromatic rings. The molecule has 1 N–H and O–H groups in total. The highest BCUT2D eigenvalue weighted by Gasteiger charge is 2.21. The molecule has 0 spiro atoms. The largest absolute Gasteiger partial charge is 0.353 e. The van der Waals surface area contributed by atoms with Gasteiger partial charge in [-0.05, 0) is 25.1 Å². The number of hydrogen-bond donors (Lipinski definition) is 1. The summed E-state index contributed by atoms with van der Waals surface area (Å²) in [5.41, 5.74) is 0.556. The fourth-order valence-electron chi connectivity index (χ4n) is 3.34. The van der Waals surface area contributed by atoms with Crippen LogP contribution >= 0.6 is 11.3 Å². The second-order valence-electron chi connectivity index (χ2n) is 6.65. The minimum Gasteiger partial charge on any atom is -0.353 e. The maximum absolute atomic E-state index is 12.0. The number of aromatic nitrogens is 3. The minimum atomic E-state index is -0.136. The normalized spacial score (nSPS) is 14.3. The molecule has 8 heteroatoms. The van der Waals surface area contributed by atoms with Gasteiger partial charge in [0.1, 0.15) is 22.8 Å². The van der Waals surface area contributed by atoms with E-state index in [2.05, 4.69) is 49.6 Å². The molecule has 0 atom stereocenters. The van der Waals surface area contributed by atoms with Crippen LogP contribution in [-0.2, 0) is 0 Å². The Morgan fingerprint density at radius 3 is 2.71 bits per heavy atom. The van der Waals surface area contributed by atoms with Crippen LogP contribution in [0.3, 0.4) is 0 Å². The smallest absolute Gasteiger partial charge is 0.253 e. The zero-order valence-corrected chi connectivity index (χ0v) is 16.6. The average molecular weight is 395 g/mol. The monoisotopic (exact) mass is 394 g/mol. The number of carbonyl (C=O) groups excluding carboxylic acids is 1. The SMILES string of the molecule is C=CCNC(=O)c1ccc(N2CCN(c3ncnc4sc(C)cc34)CC2)nc1. The van der Waals surface area contributed by atoms with Crippen molar-refractivity contribution in [2.45, 2.75) is 6.92 Å². The van der Waals surface area contributed by atoms with Gasteiger partial charge in [0.05, 0.1) is 10.9 Å². The third-order valence-electron chi connectivity index (χ3n) is 4.75. The summed E-state index contributed by atoms with van der Waals surface area (Å²) in [5, 5.41) is 3.89. The highest BCUT2D eigenvalue weighted by molar-refractivity contribution is 7.18. The van der Waals surface area contributed by atoms with E-state index in [9.17, 15) is 4.79 Å². The summed E-state index contributed by atoms with van der Waals surface area (Å²) in [6, 6.07) is 5.89. The fraction of sp³-hybridized carbons (Fsp3) is 0.300. The van der Waals surface area contributed by atoms with Crippen molar-refractivity contribution < 1.29 is 4.79 Å². The van der Waals surface area contributed by atoms with Crippen molar-refractivity contribution in [3.63, 3.8) is 0 Å². The number of pyridine rings is 1. The van der Waals surface area contributed by atoms with Crippen LogP contribution < -0.4 is 15.1 Å². The molecule has 1 amide bonds. The number of thiophene rings is 1. The van der Waals surface area contributed by atoms with Crippen molar-refractivity contribution in [3.05, 3.63) is 53.8 Å². The van der Waals surface area contributed by atoms with Gasteiger partial charge in [-0.1, -0.05) is 6.08 Å². The van der Waals surface area contributed by atoms with Crippen molar-refractivity contribution in [1.29, 1.82) is 0 Å². The number of hydrogen-bond acceptors (Lipinski definition) is 7.